The van der Waals surface area contributed by atoms with Crippen molar-refractivity contribution >= 4 is 16.9 Å². The number of nitrogens with one attached hydrogen (secondary N) is 1. The van der Waals surface area contributed by atoms with Gasteiger partial charge in [-0.2, -0.15) is 5.10 Å². The molecule has 1 fully saturated rings. The van der Waals surface area contributed by atoms with E-state index in [4.69, 9.17) is 5.84 Å². The lowest BCUT2D eigenvalue weighted by atomic mass is 10.1. The Labute approximate surface area is 124 Å². The number of rotatable bonds is 3. The number of hydrazine groups is 1. The van der Waals surface area contributed by atoms with Crippen molar-refractivity contribution in [3.05, 3.63) is 12.0 Å². The first-order valence-corrected chi connectivity index (χ1v) is 7.58. The van der Waals surface area contributed by atoms with Crippen LogP contribution in [-0.4, -0.2) is 37.2 Å². The SMILES string of the molecule is CC1CCCCCN1Cc1nc(NN)c2cnn(C)c2n1. The molecule has 2 aromatic rings. The van der Waals surface area contributed by atoms with Crippen LogP contribution < -0.4 is 11.3 Å². The number of aromatic nitrogens is 4. The molecule has 0 amide bonds. The average molecular weight is 289 g/mol. The van der Waals surface area contributed by atoms with E-state index in [0.29, 0.717) is 11.9 Å². The van der Waals surface area contributed by atoms with E-state index in [1.165, 1.54) is 25.7 Å². The number of nitrogens with zero attached hydrogens (tertiary/aromatic N) is 5. The third-order valence-corrected chi connectivity index (χ3v) is 4.31. The van der Waals surface area contributed by atoms with E-state index in [-0.39, 0.29) is 0 Å². The first-order valence-electron chi connectivity index (χ1n) is 7.58. The van der Waals surface area contributed by atoms with Gasteiger partial charge in [-0.05, 0) is 26.3 Å². The Morgan fingerprint density at radius 2 is 2.19 bits per heavy atom. The van der Waals surface area contributed by atoms with E-state index in [2.05, 4.69) is 32.3 Å². The summed E-state index contributed by atoms with van der Waals surface area (Å²) in [6, 6.07) is 0.576. The van der Waals surface area contributed by atoms with E-state index in [1.54, 1.807) is 10.9 Å². The van der Waals surface area contributed by atoms with Gasteiger partial charge in [0.1, 0.15) is 5.82 Å². The molecule has 1 atom stereocenters. The van der Waals surface area contributed by atoms with Crippen LogP contribution in [0.2, 0.25) is 0 Å². The van der Waals surface area contributed by atoms with Crippen molar-refractivity contribution in [2.24, 2.45) is 12.9 Å². The maximum absolute atomic E-state index is 5.59. The average Bonchev–Trinajstić information content (AvgIpc) is 2.74. The minimum Gasteiger partial charge on any atom is -0.308 e. The minimum atomic E-state index is 0.576. The Bertz CT molecular complexity index is 621. The smallest absolute Gasteiger partial charge is 0.163 e. The Morgan fingerprint density at radius 1 is 1.33 bits per heavy atom. The Morgan fingerprint density at radius 3 is 3.00 bits per heavy atom. The fraction of sp³-hybridized carbons (Fsp3) is 0.643. The molecule has 0 saturated carbocycles. The van der Waals surface area contributed by atoms with Crippen LogP contribution in [0.5, 0.6) is 0 Å². The topological polar surface area (TPSA) is 84.9 Å². The number of nitrogens with two attached hydrogens (primary N) is 1. The molecule has 0 bridgehead atoms. The van der Waals surface area contributed by atoms with Gasteiger partial charge in [-0.25, -0.2) is 15.8 Å². The summed E-state index contributed by atoms with van der Waals surface area (Å²) in [6.07, 6.45) is 6.87. The molecule has 3 N–H and O–H groups in total. The second kappa shape index (κ2) is 5.95. The molecule has 2 aromatic heterocycles. The van der Waals surface area contributed by atoms with Crippen LogP contribution in [0.1, 0.15) is 38.4 Å². The van der Waals surface area contributed by atoms with E-state index < -0.39 is 0 Å². The lowest BCUT2D eigenvalue weighted by Crippen LogP contribution is -2.32. The maximum Gasteiger partial charge on any atom is 0.163 e. The molecular formula is C14H23N7. The number of anilines is 1. The third-order valence-electron chi connectivity index (χ3n) is 4.31. The van der Waals surface area contributed by atoms with Crippen LogP contribution in [0.15, 0.2) is 6.20 Å². The first kappa shape index (κ1) is 14.2. The lowest BCUT2D eigenvalue weighted by Gasteiger charge is -2.26. The number of aryl methyl sites for hydroxylation is 1. The minimum absolute atomic E-state index is 0.576. The highest BCUT2D eigenvalue weighted by Gasteiger charge is 2.19. The van der Waals surface area contributed by atoms with Crippen LogP contribution in [0.25, 0.3) is 11.0 Å². The van der Waals surface area contributed by atoms with Crippen LogP contribution in [0.4, 0.5) is 5.82 Å². The van der Waals surface area contributed by atoms with E-state index in [1.807, 2.05) is 7.05 Å². The summed E-state index contributed by atoms with van der Waals surface area (Å²) in [6.45, 7) is 4.16. The van der Waals surface area contributed by atoms with E-state index in [0.717, 1.165) is 29.9 Å². The Kier molecular flexibility index (Phi) is 4.03. The molecule has 3 heterocycles. The van der Waals surface area contributed by atoms with Crippen molar-refractivity contribution in [1.82, 2.24) is 24.6 Å². The molecule has 1 saturated heterocycles. The Balaban J connectivity index is 1.90. The van der Waals surface area contributed by atoms with Gasteiger partial charge in [0.2, 0.25) is 0 Å². The maximum atomic E-state index is 5.59. The van der Waals surface area contributed by atoms with Crippen molar-refractivity contribution in [2.45, 2.75) is 45.2 Å². The van der Waals surface area contributed by atoms with Gasteiger partial charge >= 0.3 is 0 Å². The van der Waals surface area contributed by atoms with Crippen LogP contribution in [0.3, 0.4) is 0 Å². The zero-order chi connectivity index (χ0) is 14.8. The zero-order valence-corrected chi connectivity index (χ0v) is 12.7. The summed E-state index contributed by atoms with van der Waals surface area (Å²) in [7, 11) is 1.88. The number of nitrogen functional groups attached to an aromatic ring is 1. The Hall–Kier alpha value is -1.73. The molecule has 3 rings (SSSR count). The number of hydrogen-bond donors (Lipinski definition) is 2. The van der Waals surface area contributed by atoms with Gasteiger partial charge in [0.15, 0.2) is 11.5 Å². The van der Waals surface area contributed by atoms with Crippen LogP contribution >= 0.6 is 0 Å². The summed E-state index contributed by atoms with van der Waals surface area (Å²) >= 11 is 0. The third kappa shape index (κ3) is 2.84. The van der Waals surface area contributed by atoms with Crippen LogP contribution in [-0.2, 0) is 13.6 Å². The summed E-state index contributed by atoms with van der Waals surface area (Å²) in [5, 5.41) is 5.08. The summed E-state index contributed by atoms with van der Waals surface area (Å²) in [5.74, 6) is 7.03. The molecule has 1 aliphatic heterocycles. The van der Waals surface area contributed by atoms with Gasteiger partial charge in [-0.1, -0.05) is 12.8 Å². The van der Waals surface area contributed by atoms with Gasteiger partial charge < -0.3 is 5.43 Å². The standard InChI is InChI=1S/C14H23N7/c1-10-6-4-3-5-7-21(10)9-12-17-13(19-15)11-8-16-20(2)14(11)18-12/h8,10H,3-7,9,15H2,1-2H3,(H,17,18,19). The number of fused-ring (bicyclic) bond motifs is 1. The molecule has 0 radical (unpaired) electrons. The summed E-state index contributed by atoms with van der Waals surface area (Å²) in [5.41, 5.74) is 3.48. The number of hydrogen-bond acceptors (Lipinski definition) is 6. The quantitative estimate of drug-likeness (QED) is 0.656. The lowest BCUT2D eigenvalue weighted by molar-refractivity contribution is 0.200. The fourth-order valence-corrected chi connectivity index (χ4v) is 3.00. The van der Waals surface area contributed by atoms with Crippen molar-refractivity contribution in [3.8, 4) is 0 Å². The van der Waals surface area contributed by atoms with Crippen molar-refractivity contribution in [2.75, 3.05) is 12.0 Å². The highest BCUT2D eigenvalue weighted by atomic mass is 15.3. The molecule has 114 valence electrons. The molecule has 0 aromatic carbocycles. The second-order valence-corrected chi connectivity index (χ2v) is 5.81. The molecule has 0 spiro atoms. The van der Waals surface area contributed by atoms with Crippen molar-refractivity contribution in [1.29, 1.82) is 0 Å². The van der Waals surface area contributed by atoms with Gasteiger partial charge in [-0.15, -0.1) is 0 Å². The number of likely N-dealkylation sites (tertiary alicyclic amines) is 1. The monoisotopic (exact) mass is 289 g/mol. The molecule has 0 aliphatic carbocycles. The van der Waals surface area contributed by atoms with Gasteiger partial charge in [-0.3, -0.25) is 9.58 Å². The van der Waals surface area contributed by atoms with Gasteiger partial charge in [0.05, 0.1) is 18.1 Å². The van der Waals surface area contributed by atoms with E-state index in [9.17, 15) is 0 Å². The molecule has 7 heteroatoms. The van der Waals surface area contributed by atoms with Crippen molar-refractivity contribution < 1.29 is 0 Å². The molecule has 7 nitrogen and oxygen atoms in total. The summed E-state index contributed by atoms with van der Waals surface area (Å²) in [4.78, 5) is 11.7. The fourth-order valence-electron chi connectivity index (χ4n) is 3.00. The van der Waals surface area contributed by atoms with Crippen molar-refractivity contribution in [3.63, 3.8) is 0 Å². The largest absolute Gasteiger partial charge is 0.308 e. The second-order valence-electron chi connectivity index (χ2n) is 5.81. The first-order chi connectivity index (χ1) is 10.2. The van der Waals surface area contributed by atoms with Crippen LogP contribution in [0, 0.1) is 0 Å². The highest BCUT2D eigenvalue weighted by Crippen LogP contribution is 2.21. The summed E-state index contributed by atoms with van der Waals surface area (Å²) < 4.78 is 1.76. The zero-order valence-electron chi connectivity index (χ0n) is 12.7. The predicted molar refractivity (Wildman–Crippen MR) is 82.5 cm³/mol. The normalized spacial score (nSPS) is 20.6. The highest BCUT2D eigenvalue weighted by molar-refractivity contribution is 5.86. The molecule has 1 aliphatic rings. The molecular weight excluding hydrogens is 266 g/mol. The van der Waals surface area contributed by atoms with Gasteiger partial charge in [0, 0.05) is 13.1 Å². The molecule has 21 heavy (non-hydrogen) atoms. The predicted octanol–water partition coefficient (Wildman–Crippen LogP) is 1.41. The van der Waals surface area contributed by atoms with E-state index >= 15 is 0 Å². The molecule has 1 unspecified atom stereocenters. The van der Waals surface area contributed by atoms with Gasteiger partial charge in [0.25, 0.3) is 0 Å².